The van der Waals surface area contributed by atoms with Crippen LogP contribution in [-0.4, -0.2) is 0 Å². The molecule has 13 aromatic rings. The Morgan fingerprint density at radius 1 is 0.211 bits per heavy atom. The number of rotatable bonds is 11. The molecule has 5 nitrogen and oxygen atoms in total. The Morgan fingerprint density at radius 2 is 0.493 bits per heavy atom. The summed E-state index contributed by atoms with van der Waals surface area (Å²) in [6.07, 6.45) is 0. The van der Waals surface area contributed by atoms with E-state index in [1.54, 1.807) is 0 Å². The van der Waals surface area contributed by atoms with E-state index in [0.29, 0.717) is 0 Å². The third-order valence-electron chi connectivity index (χ3n) is 13.4. The number of fused-ring (bicyclic) bond motifs is 6. The molecule has 2 heterocycles. The van der Waals surface area contributed by atoms with E-state index >= 15 is 0 Å². The number of benzene rings is 11. The Labute approximate surface area is 411 Å². The van der Waals surface area contributed by atoms with Crippen molar-refractivity contribution in [1.29, 1.82) is 0 Å². The second-order valence-corrected chi connectivity index (χ2v) is 17.7. The van der Waals surface area contributed by atoms with Crippen LogP contribution in [-0.2, 0) is 0 Å². The summed E-state index contributed by atoms with van der Waals surface area (Å²) in [6.45, 7) is 0. The van der Waals surface area contributed by atoms with Crippen molar-refractivity contribution in [3.63, 3.8) is 0 Å². The molecule has 0 aliphatic carbocycles. The molecule has 0 saturated heterocycles. The fourth-order valence-electron chi connectivity index (χ4n) is 10.1. The fourth-order valence-corrected chi connectivity index (χ4v) is 10.1. The van der Waals surface area contributed by atoms with Crippen LogP contribution in [0.4, 0.5) is 51.2 Å². The van der Waals surface area contributed by atoms with E-state index < -0.39 is 0 Å². The van der Waals surface area contributed by atoms with Crippen LogP contribution in [0.5, 0.6) is 0 Å². The third kappa shape index (κ3) is 7.63. The van der Waals surface area contributed by atoms with Crippen molar-refractivity contribution in [2.75, 3.05) is 14.7 Å². The van der Waals surface area contributed by atoms with Crippen molar-refractivity contribution < 1.29 is 8.83 Å². The van der Waals surface area contributed by atoms with E-state index in [-0.39, 0.29) is 0 Å². The quantitative estimate of drug-likeness (QED) is 0.129. The molecule has 0 fully saturated rings. The average molecular weight is 912 g/mol. The maximum atomic E-state index is 6.54. The molecular formula is C66H45N3O2. The van der Waals surface area contributed by atoms with Gasteiger partial charge >= 0.3 is 0 Å². The summed E-state index contributed by atoms with van der Waals surface area (Å²) in [5, 5.41) is 4.44. The molecule has 0 N–H and O–H groups in total. The van der Waals surface area contributed by atoms with Gasteiger partial charge < -0.3 is 23.5 Å². The van der Waals surface area contributed by atoms with Crippen LogP contribution in [0, 0.1) is 0 Å². The van der Waals surface area contributed by atoms with Crippen LogP contribution >= 0.6 is 0 Å². The molecule has 0 saturated carbocycles. The van der Waals surface area contributed by atoms with Gasteiger partial charge in [0.05, 0.1) is 17.1 Å². The predicted octanol–water partition coefficient (Wildman–Crippen LogP) is 19.2. The standard InChI is InChI=1S/C66H45N3O2/c1-5-19-48(20-6-1)67(49-21-7-2-8-22-49)54-43-55(68(50-23-9-3-10-24-50)51-25-11-4-12-26-51)45-56(44-54)69(52-39-35-46(36-40-52)57-29-17-31-61-59-27-13-15-33-63(59)70-65(57)61)53-41-37-47(38-42-53)58-30-18-32-62-60-28-14-16-34-64(60)71-66(58)62/h1-45H. The maximum Gasteiger partial charge on any atom is 0.143 e. The first-order valence-corrected chi connectivity index (χ1v) is 24.0. The SMILES string of the molecule is c1ccc(N(c2ccccc2)c2cc(N(c3ccccc3)c3ccccc3)cc(N(c3ccc(-c4cccc5c4oc4ccccc45)cc3)c3ccc(-c4cccc5c4oc4ccccc45)cc3)c2)cc1. The van der Waals surface area contributed by atoms with Gasteiger partial charge in [0.25, 0.3) is 0 Å². The lowest BCUT2D eigenvalue weighted by atomic mass is 10.0. The topological polar surface area (TPSA) is 36.0 Å². The maximum absolute atomic E-state index is 6.54. The minimum Gasteiger partial charge on any atom is -0.455 e. The first-order chi connectivity index (χ1) is 35.2. The monoisotopic (exact) mass is 911 g/mol. The highest BCUT2D eigenvalue weighted by atomic mass is 16.3. The minimum absolute atomic E-state index is 0.883. The van der Waals surface area contributed by atoms with Crippen molar-refractivity contribution in [1.82, 2.24) is 0 Å². The van der Waals surface area contributed by atoms with E-state index in [1.807, 2.05) is 24.3 Å². The van der Waals surface area contributed by atoms with Crippen LogP contribution in [0.1, 0.15) is 0 Å². The van der Waals surface area contributed by atoms with Gasteiger partial charge in [0, 0.05) is 66.8 Å². The van der Waals surface area contributed by atoms with Crippen molar-refractivity contribution in [2.24, 2.45) is 0 Å². The van der Waals surface area contributed by atoms with E-state index in [2.05, 4.69) is 263 Å². The zero-order chi connectivity index (χ0) is 47.1. The number of anilines is 9. The lowest BCUT2D eigenvalue weighted by molar-refractivity contribution is 0.669. The molecule has 2 aromatic heterocycles. The van der Waals surface area contributed by atoms with Crippen LogP contribution in [0.25, 0.3) is 66.1 Å². The molecule has 0 aliphatic heterocycles. The van der Waals surface area contributed by atoms with Crippen molar-refractivity contribution in [3.05, 3.63) is 273 Å². The van der Waals surface area contributed by atoms with Crippen LogP contribution in [0.2, 0.25) is 0 Å². The highest BCUT2D eigenvalue weighted by Crippen LogP contribution is 2.47. The zero-order valence-corrected chi connectivity index (χ0v) is 38.6. The molecule has 0 aliphatic rings. The molecule has 0 unspecified atom stereocenters. The van der Waals surface area contributed by atoms with Crippen molar-refractivity contribution >= 4 is 95.1 Å². The Kier molecular flexibility index (Phi) is 10.4. The number of furan rings is 2. The number of para-hydroxylation sites is 8. The second kappa shape index (κ2) is 17.8. The zero-order valence-electron chi connectivity index (χ0n) is 38.6. The molecule has 0 spiro atoms. The van der Waals surface area contributed by atoms with Gasteiger partial charge in [-0.1, -0.05) is 170 Å². The Hall–Kier alpha value is -9.58. The number of hydrogen-bond acceptors (Lipinski definition) is 5. The molecule has 0 radical (unpaired) electrons. The van der Waals surface area contributed by atoms with Gasteiger partial charge in [-0.25, -0.2) is 0 Å². The Balaban J connectivity index is 1.03. The molecular weight excluding hydrogens is 867 g/mol. The first-order valence-electron chi connectivity index (χ1n) is 24.0. The first kappa shape index (κ1) is 41.6. The second-order valence-electron chi connectivity index (χ2n) is 17.7. The van der Waals surface area contributed by atoms with E-state index in [4.69, 9.17) is 8.83 Å². The molecule has 71 heavy (non-hydrogen) atoms. The lowest BCUT2D eigenvalue weighted by Crippen LogP contribution is -2.16. The molecule has 11 aromatic carbocycles. The Morgan fingerprint density at radius 3 is 0.831 bits per heavy atom. The van der Waals surface area contributed by atoms with Crippen molar-refractivity contribution in [2.45, 2.75) is 0 Å². The summed E-state index contributed by atoms with van der Waals surface area (Å²) in [5.74, 6) is 0. The summed E-state index contributed by atoms with van der Waals surface area (Å²) in [7, 11) is 0. The molecule has 0 amide bonds. The summed E-state index contributed by atoms with van der Waals surface area (Å²) in [5.41, 5.74) is 16.9. The van der Waals surface area contributed by atoms with Gasteiger partial charge in [-0.15, -0.1) is 0 Å². The molecule has 336 valence electrons. The van der Waals surface area contributed by atoms with Gasteiger partial charge in [-0.3, -0.25) is 0 Å². The number of nitrogens with zero attached hydrogens (tertiary/aromatic N) is 3. The van der Waals surface area contributed by atoms with Gasteiger partial charge in [0.15, 0.2) is 0 Å². The summed E-state index contributed by atoms with van der Waals surface area (Å²) in [4.78, 5) is 7.05. The normalized spacial score (nSPS) is 11.4. The average Bonchev–Trinajstić information content (AvgIpc) is 4.02. The minimum atomic E-state index is 0.883. The van der Waals surface area contributed by atoms with Crippen molar-refractivity contribution in [3.8, 4) is 22.3 Å². The fraction of sp³-hybridized carbons (Fsp3) is 0. The molecule has 5 heteroatoms. The van der Waals surface area contributed by atoms with Gasteiger partial charge in [0.1, 0.15) is 22.3 Å². The largest absolute Gasteiger partial charge is 0.455 e. The van der Waals surface area contributed by atoms with Crippen LogP contribution in [0.15, 0.2) is 282 Å². The highest BCUT2D eigenvalue weighted by molar-refractivity contribution is 6.11. The van der Waals surface area contributed by atoms with Gasteiger partial charge in [-0.05, 0) is 114 Å². The lowest BCUT2D eigenvalue weighted by Gasteiger charge is -2.33. The highest BCUT2D eigenvalue weighted by Gasteiger charge is 2.23. The predicted molar refractivity (Wildman–Crippen MR) is 296 cm³/mol. The number of hydrogen-bond donors (Lipinski definition) is 0. The van der Waals surface area contributed by atoms with E-state index in [9.17, 15) is 0 Å². The Bertz CT molecular complexity index is 3640. The summed E-state index contributed by atoms with van der Waals surface area (Å²) in [6, 6.07) is 96.5. The van der Waals surface area contributed by atoms with Crippen LogP contribution < -0.4 is 14.7 Å². The third-order valence-corrected chi connectivity index (χ3v) is 13.4. The smallest absolute Gasteiger partial charge is 0.143 e. The van der Waals surface area contributed by atoms with Crippen LogP contribution in [0.3, 0.4) is 0 Å². The summed E-state index contributed by atoms with van der Waals surface area (Å²) < 4.78 is 13.1. The molecule has 0 bridgehead atoms. The molecule has 13 rings (SSSR count). The summed E-state index contributed by atoms with van der Waals surface area (Å²) >= 11 is 0. The van der Waals surface area contributed by atoms with Gasteiger partial charge in [0.2, 0.25) is 0 Å². The molecule has 0 atom stereocenters. The van der Waals surface area contributed by atoms with Gasteiger partial charge in [-0.2, -0.15) is 0 Å². The van der Waals surface area contributed by atoms with E-state index in [1.165, 1.54) is 0 Å². The van der Waals surface area contributed by atoms with E-state index in [0.717, 1.165) is 117 Å².